The van der Waals surface area contributed by atoms with E-state index in [0.29, 0.717) is 25.1 Å². The van der Waals surface area contributed by atoms with Gasteiger partial charge in [-0.2, -0.15) is 5.26 Å². The number of rotatable bonds is 13. The zero-order valence-corrected chi connectivity index (χ0v) is 27.2. The van der Waals surface area contributed by atoms with Crippen molar-refractivity contribution >= 4 is 25.5 Å². The Morgan fingerprint density at radius 3 is 2.33 bits per heavy atom. The highest BCUT2D eigenvalue weighted by atomic mass is 32.1. The first kappa shape index (κ1) is 31.8. The summed E-state index contributed by atoms with van der Waals surface area (Å²) in [5.74, 6) is 0.899. The van der Waals surface area contributed by atoms with E-state index in [1.165, 1.54) is 11.1 Å². The topological polar surface area (TPSA) is 69.0 Å². The highest BCUT2D eigenvalue weighted by Crippen LogP contribution is 2.31. The van der Waals surface area contributed by atoms with Crippen LogP contribution in [-0.2, 0) is 17.8 Å². The number of nitrogens with zero attached hydrogens (tertiary/aromatic N) is 4. The summed E-state index contributed by atoms with van der Waals surface area (Å²) in [4.78, 5) is 20.4. The lowest BCUT2D eigenvalue weighted by Crippen LogP contribution is -2.45. The summed E-state index contributed by atoms with van der Waals surface area (Å²) in [7, 11) is 0.554. The molecule has 9 heteroatoms. The fourth-order valence-electron chi connectivity index (χ4n) is 4.88. The predicted octanol–water partition coefficient (Wildman–Crippen LogP) is 6.85. The fraction of sp³-hybridized carbons (Fsp3) is 0.455. The van der Waals surface area contributed by atoms with E-state index in [2.05, 4.69) is 77.3 Å². The van der Waals surface area contributed by atoms with E-state index in [-0.39, 0.29) is 12.2 Å². The van der Waals surface area contributed by atoms with Gasteiger partial charge in [0, 0.05) is 77.8 Å². The van der Waals surface area contributed by atoms with Crippen LogP contribution in [0.15, 0.2) is 66.0 Å². The summed E-state index contributed by atoms with van der Waals surface area (Å²) in [5.41, 5.74) is 3.12. The predicted molar refractivity (Wildman–Crippen MR) is 173 cm³/mol. The van der Waals surface area contributed by atoms with Crippen LogP contribution in [0.25, 0.3) is 0 Å². The minimum Gasteiger partial charge on any atom is -0.484 e. The molecule has 3 aromatic rings. The number of piperazine rings is 1. The lowest BCUT2D eigenvalue weighted by molar-refractivity contribution is 0.107. The van der Waals surface area contributed by atoms with Crippen LogP contribution in [0.3, 0.4) is 0 Å². The Balaban J connectivity index is 1.31. The SMILES string of the molecule is CN(CC[C@H](Oc1ccccc1CN1CCN(Cc2ccc(C#N)cc2)CC1)c1cccs1)C(=O)OCC[Si](C)(C)C. The molecule has 7 nitrogen and oxygen atoms in total. The number of carbonyl (C=O) groups is 1. The zero-order valence-electron chi connectivity index (χ0n) is 25.4. The minimum atomic E-state index is -1.25. The van der Waals surface area contributed by atoms with Crippen molar-refractivity contribution in [1.82, 2.24) is 14.7 Å². The summed E-state index contributed by atoms with van der Waals surface area (Å²) in [6.07, 6.45) is 0.271. The molecule has 2 aromatic carbocycles. The highest BCUT2D eigenvalue weighted by Gasteiger charge is 2.22. The second-order valence-corrected chi connectivity index (χ2v) is 18.8. The van der Waals surface area contributed by atoms with Gasteiger partial charge >= 0.3 is 6.09 Å². The van der Waals surface area contributed by atoms with Crippen LogP contribution < -0.4 is 4.74 Å². The summed E-state index contributed by atoms with van der Waals surface area (Å²) < 4.78 is 12.2. The number of benzene rings is 2. The average Bonchev–Trinajstić information content (AvgIpc) is 3.52. The fourth-order valence-corrected chi connectivity index (χ4v) is 6.39. The Kier molecular flexibility index (Phi) is 11.6. The third kappa shape index (κ3) is 9.98. The zero-order chi connectivity index (χ0) is 30.0. The van der Waals surface area contributed by atoms with Crippen molar-refractivity contribution in [2.24, 2.45) is 0 Å². The minimum absolute atomic E-state index is 0.146. The van der Waals surface area contributed by atoms with Crippen molar-refractivity contribution in [2.45, 2.75) is 51.3 Å². The molecule has 224 valence electrons. The van der Waals surface area contributed by atoms with E-state index in [1.807, 2.05) is 24.3 Å². The molecule has 0 saturated carbocycles. The maximum Gasteiger partial charge on any atom is 0.409 e. The molecule has 1 fully saturated rings. The molecule has 1 aliphatic rings. The van der Waals surface area contributed by atoms with Crippen molar-refractivity contribution in [1.29, 1.82) is 5.26 Å². The van der Waals surface area contributed by atoms with Gasteiger partial charge in [0.25, 0.3) is 0 Å². The Labute approximate surface area is 256 Å². The number of carbonyl (C=O) groups excluding carboxylic acids is 1. The molecule has 2 heterocycles. The van der Waals surface area contributed by atoms with Crippen molar-refractivity contribution in [3.8, 4) is 11.8 Å². The molecular formula is C33H44N4O3SSi. The number of thiophene rings is 1. The van der Waals surface area contributed by atoms with Crippen molar-refractivity contribution in [3.63, 3.8) is 0 Å². The largest absolute Gasteiger partial charge is 0.484 e. The number of amides is 1. The van der Waals surface area contributed by atoms with Gasteiger partial charge in [0.15, 0.2) is 0 Å². The summed E-state index contributed by atoms with van der Waals surface area (Å²) in [6.45, 7) is 13.6. The van der Waals surface area contributed by atoms with E-state index in [0.717, 1.165) is 55.9 Å². The lowest BCUT2D eigenvalue weighted by atomic mass is 10.1. The maximum absolute atomic E-state index is 12.6. The smallest absolute Gasteiger partial charge is 0.409 e. The maximum atomic E-state index is 12.6. The summed E-state index contributed by atoms with van der Waals surface area (Å²) >= 11 is 1.68. The van der Waals surface area contributed by atoms with E-state index in [4.69, 9.17) is 14.7 Å². The van der Waals surface area contributed by atoms with Crippen LogP contribution >= 0.6 is 11.3 Å². The van der Waals surface area contributed by atoms with Crippen molar-refractivity contribution in [2.75, 3.05) is 46.4 Å². The van der Waals surface area contributed by atoms with Crippen molar-refractivity contribution in [3.05, 3.63) is 87.6 Å². The monoisotopic (exact) mass is 604 g/mol. The molecule has 0 radical (unpaired) electrons. The third-order valence-electron chi connectivity index (χ3n) is 7.57. The van der Waals surface area contributed by atoms with Crippen LogP contribution in [0.1, 0.15) is 34.1 Å². The molecule has 0 spiro atoms. The lowest BCUT2D eigenvalue weighted by Gasteiger charge is -2.35. The molecular weight excluding hydrogens is 561 g/mol. The number of nitriles is 1. The molecule has 42 heavy (non-hydrogen) atoms. The first-order chi connectivity index (χ1) is 20.2. The Morgan fingerprint density at radius 1 is 1.00 bits per heavy atom. The van der Waals surface area contributed by atoms with E-state index >= 15 is 0 Å². The highest BCUT2D eigenvalue weighted by molar-refractivity contribution is 7.10. The van der Waals surface area contributed by atoms with Crippen LogP contribution in [0, 0.1) is 11.3 Å². The first-order valence-electron chi connectivity index (χ1n) is 14.8. The van der Waals surface area contributed by atoms with Gasteiger partial charge in [-0.3, -0.25) is 9.80 Å². The summed E-state index contributed by atoms with van der Waals surface area (Å²) in [5, 5.41) is 11.1. The number of hydrogen-bond donors (Lipinski definition) is 0. The van der Waals surface area contributed by atoms with Gasteiger partial charge in [0.1, 0.15) is 11.9 Å². The standard InChI is InChI=1S/C33H44N4O3SSi/c1-35(33(38)39-21-23-42(2,3)4)16-15-31(32-10-7-22-41-32)40-30-9-6-5-8-29(30)26-37-19-17-36(18-20-37)25-28-13-11-27(24-34)12-14-28/h5-14,22,31H,15-21,23,25-26H2,1-4H3/t31-/m0/s1. The van der Waals surface area contributed by atoms with Gasteiger partial charge in [-0.25, -0.2) is 4.79 Å². The number of hydrogen-bond acceptors (Lipinski definition) is 7. The van der Waals surface area contributed by atoms with E-state index < -0.39 is 8.07 Å². The van der Waals surface area contributed by atoms with Crippen LogP contribution in [0.4, 0.5) is 4.79 Å². The van der Waals surface area contributed by atoms with E-state index in [9.17, 15) is 4.79 Å². The Morgan fingerprint density at radius 2 is 1.69 bits per heavy atom. The van der Waals surface area contributed by atoms with Crippen molar-refractivity contribution < 1.29 is 14.3 Å². The van der Waals surface area contributed by atoms with Crippen LogP contribution in [0.2, 0.25) is 25.7 Å². The molecule has 1 atom stereocenters. The molecule has 1 saturated heterocycles. The van der Waals surface area contributed by atoms with Crippen LogP contribution in [0.5, 0.6) is 5.75 Å². The van der Waals surface area contributed by atoms with E-state index in [1.54, 1.807) is 23.3 Å². The van der Waals surface area contributed by atoms with Gasteiger partial charge in [-0.05, 0) is 41.3 Å². The number of ether oxygens (including phenoxy) is 2. The first-order valence-corrected chi connectivity index (χ1v) is 19.4. The normalized spacial score (nSPS) is 15.1. The molecule has 1 amide bonds. The molecule has 1 aliphatic heterocycles. The second kappa shape index (κ2) is 15.3. The number of para-hydroxylation sites is 1. The molecule has 1 aromatic heterocycles. The average molecular weight is 605 g/mol. The molecule has 4 rings (SSSR count). The quantitative estimate of drug-likeness (QED) is 0.199. The summed E-state index contributed by atoms with van der Waals surface area (Å²) in [6, 6.07) is 23.5. The third-order valence-corrected chi connectivity index (χ3v) is 10.2. The molecule has 0 bridgehead atoms. The Hall–Kier alpha value is -3.16. The molecule has 0 aliphatic carbocycles. The van der Waals surface area contributed by atoms with Gasteiger partial charge in [0.2, 0.25) is 0 Å². The van der Waals surface area contributed by atoms with Gasteiger partial charge < -0.3 is 14.4 Å². The van der Waals surface area contributed by atoms with Crippen LogP contribution in [-0.4, -0.2) is 75.2 Å². The Bertz CT molecular complexity index is 1300. The molecule has 0 unspecified atom stereocenters. The van der Waals surface area contributed by atoms with Gasteiger partial charge in [-0.1, -0.05) is 56.0 Å². The molecule has 0 N–H and O–H groups in total. The van der Waals surface area contributed by atoms with Gasteiger partial charge in [0.05, 0.1) is 18.2 Å². The second-order valence-electron chi connectivity index (χ2n) is 12.2. The van der Waals surface area contributed by atoms with Gasteiger partial charge in [-0.15, -0.1) is 11.3 Å².